The molecule has 2 saturated heterocycles. The van der Waals surface area contributed by atoms with E-state index in [0.717, 1.165) is 22.8 Å². The lowest BCUT2D eigenvalue weighted by Gasteiger charge is -2.41. The second-order valence-corrected chi connectivity index (χ2v) is 6.62. The van der Waals surface area contributed by atoms with E-state index in [0.29, 0.717) is 18.1 Å². The van der Waals surface area contributed by atoms with Gasteiger partial charge in [0.05, 0.1) is 11.3 Å². The molecule has 1 aromatic carbocycles. The van der Waals surface area contributed by atoms with Crippen LogP contribution in [0.15, 0.2) is 18.2 Å². The topological polar surface area (TPSA) is 39.1 Å². The molecule has 2 fully saturated rings. The number of nitriles is 1. The normalized spacial score (nSPS) is 27.7. The van der Waals surface area contributed by atoms with Crippen molar-refractivity contribution in [2.75, 3.05) is 11.4 Å². The number of nitrogens with zero attached hydrogens (tertiary/aromatic N) is 2. The minimum atomic E-state index is 0.545. The predicted octanol–water partition coefficient (Wildman–Crippen LogP) is 3.71. The lowest BCUT2D eigenvalue weighted by atomic mass is 9.95. The number of hydrogen-bond donors (Lipinski definition) is 1. The summed E-state index contributed by atoms with van der Waals surface area (Å²) < 4.78 is 0. The van der Waals surface area contributed by atoms with Gasteiger partial charge in [-0.15, -0.1) is 0 Å². The number of rotatable bonds is 4. The first-order valence-corrected chi connectivity index (χ1v) is 8.32. The highest BCUT2D eigenvalue weighted by atomic mass is 35.5. The molecule has 2 atom stereocenters. The van der Waals surface area contributed by atoms with Crippen molar-refractivity contribution in [1.82, 2.24) is 5.32 Å². The van der Waals surface area contributed by atoms with Crippen molar-refractivity contribution in [3.63, 3.8) is 0 Å². The molecule has 2 aliphatic rings. The number of halogens is 1. The van der Waals surface area contributed by atoms with Gasteiger partial charge in [-0.3, -0.25) is 0 Å². The summed E-state index contributed by atoms with van der Waals surface area (Å²) in [6.07, 6.45) is 5.99. The Hall–Kier alpha value is -1.24. The fourth-order valence-electron chi connectivity index (χ4n) is 3.90. The maximum Gasteiger partial charge on any atom is 0.101 e. The molecular weight excluding hydrogens is 282 g/mol. The highest BCUT2D eigenvalue weighted by Crippen LogP contribution is 2.41. The molecule has 0 aliphatic carbocycles. The Bertz CT molecular complexity index is 537. The van der Waals surface area contributed by atoms with E-state index in [1.54, 1.807) is 6.07 Å². The predicted molar refractivity (Wildman–Crippen MR) is 86.8 cm³/mol. The summed E-state index contributed by atoms with van der Waals surface area (Å²) in [5, 5.41) is 13.8. The van der Waals surface area contributed by atoms with Crippen LogP contribution in [0.1, 0.15) is 44.6 Å². The molecule has 0 spiro atoms. The zero-order valence-electron chi connectivity index (χ0n) is 12.5. The number of hydrogen-bond acceptors (Lipinski definition) is 3. The highest BCUT2D eigenvalue weighted by Gasteiger charge is 2.41. The molecule has 0 aromatic heterocycles. The van der Waals surface area contributed by atoms with Gasteiger partial charge >= 0.3 is 0 Å². The van der Waals surface area contributed by atoms with Gasteiger partial charge in [0.2, 0.25) is 0 Å². The Morgan fingerprint density at radius 3 is 2.67 bits per heavy atom. The molecule has 112 valence electrons. The molecule has 21 heavy (non-hydrogen) atoms. The van der Waals surface area contributed by atoms with Gasteiger partial charge in [-0.05, 0) is 56.8 Å². The molecule has 0 amide bonds. The molecule has 2 unspecified atom stereocenters. The van der Waals surface area contributed by atoms with Gasteiger partial charge in [-0.25, -0.2) is 0 Å². The second-order valence-electron chi connectivity index (χ2n) is 6.19. The number of benzene rings is 1. The Labute approximate surface area is 131 Å². The molecule has 0 saturated carbocycles. The van der Waals surface area contributed by atoms with Crippen LogP contribution in [-0.4, -0.2) is 24.7 Å². The first-order valence-electron chi connectivity index (χ1n) is 7.94. The van der Waals surface area contributed by atoms with Crippen LogP contribution in [0.25, 0.3) is 0 Å². The van der Waals surface area contributed by atoms with Gasteiger partial charge in [-0.2, -0.15) is 5.26 Å². The van der Waals surface area contributed by atoms with E-state index in [4.69, 9.17) is 11.6 Å². The molecule has 3 rings (SSSR count). The molecule has 0 radical (unpaired) electrons. The molecule has 1 aromatic rings. The minimum absolute atomic E-state index is 0.545. The molecule has 4 heteroatoms. The van der Waals surface area contributed by atoms with E-state index < -0.39 is 0 Å². The average Bonchev–Trinajstić information content (AvgIpc) is 2.75. The second kappa shape index (κ2) is 6.25. The monoisotopic (exact) mass is 303 g/mol. The first-order chi connectivity index (χ1) is 10.2. The fraction of sp³-hybridized carbons (Fsp3) is 0.588. The van der Waals surface area contributed by atoms with Crippen LogP contribution in [0, 0.1) is 11.3 Å². The van der Waals surface area contributed by atoms with Gasteiger partial charge in [-0.1, -0.05) is 18.5 Å². The van der Waals surface area contributed by atoms with Crippen molar-refractivity contribution in [3.8, 4) is 6.07 Å². The van der Waals surface area contributed by atoms with Crippen LogP contribution in [0.2, 0.25) is 5.02 Å². The number of fused-ring (bicyclic) bond motifs is 2. The minimum Gasteiger partial charge on any atom is -0.364 e. The number of nitrogens with one attached hydrogen (secondary N) is 1. The zero-order chi connectivity index (χ0) is 14.8. The summed E-state index contributed by atoms with van der Waals surface area (Å²) in [5.74, 6) is 0. The van der Waals surface area contributed by atoms with Crippen molar-refractivity contribution >= 4 is 17.3 Å². The van der Waals surface area contributed by atoms with Crippen molar-refractivity contribution in [3.05, 3.63) is 28.8 Å². The maximum absolute atomic E-state index is 9.37. The summed E-state index contributed by atoms with van der Waals surface area (Å²) in [6.45, 7) is 3.31. The van der Waals surface area contributed by atoms with Crippen LogP contribution in [-0.2, 0) is 0 Å². The van der Waals surface area contributed by atoms with Crippen molar-refractivity contribution in [2.45, 2.75) is 57.2 Å². The molecule has 2 aliphatic heterocycles. The van der Waals surface area contributed by atoms with Crippen molar-refractivity contribution in [1.29, 1.82) is 5.26 Å². The van der Waals surface area contributed by atoms with Gasteiger partial charge < -0.3 is 10.2 Å². The number of anilines is 1. The molecule has 2 heterocycles. The fourth-order valence-corrected chi connectivity index (χ4v) is 4.06. The van der Waals surface area contributed by atoms with E-state index in [9.17, 15) is 5.26 Å². The Balaban J connectivity index is 1.82. The smallest absolute Gasteiger partial charge is 0.101 e. The summed E-state index contributed by atoms with van der Waals surface area (Å²) in [7, 11) is 0. The van der Waals surface area contributed by atoms with Gasteiger partial charge in [0.25, 0.3) is 0 Å². The summed E-state index contributed by atoms with van der Waals surface area (Å²) in [5.41, 5.74) is 1.78. The lowest BCUT2D eigenvalue weighted by molar-refractivity contribution is 0.356. The highest BCUT2D eigenvalue weighted by molar-refractivity contribution is 6.30. The van der Waals surface area contributed by atoms with E-state index in [1.807, 2.05) is 12.1 Å². The van der Waals surface area contributed by atoms with Gasteiger partial charge in [0, 0.05) is 23.1 Å². The number of piperidine rings is 1. The van der Waals surface area contributed by atoms with E-state index in [1.165, 1.54) is 32.1 Å². The first kappa shape index (κ1) is 14.7. The Morgan fingerprint density at radius 2 is 2.05 bits per heavy atom. The Morgan fingerprint density at radius 1 is 1.33 bits per heavy atom. The van der Waals surface area contributed by atoms with E-state index >= 15 is 0 Å². The van der Waals surface area contributed by atoms with Crippen LogP contribution in [0.4, 0.5) is 5.69 Å². The van der Waals surface area contributed by atoms with E-state index in [-0.39, 0.29) is 0 Å². The third-order valence-electron chi connectivity index (χ3n) is 4.77. The maximum atomic E-state index is 9.37. The van der Waals surface area contributed by atoms with Crippen LogP contribution in [0.3, 0.4) is 0 Å². The summed E-state index contributed by atoms with van der Waals surface area (Å²) >= 11 is 6.16. The van der Waals surface area contributed by atoms with Crippen molar-refractivity contribution < 1.29 is 0 Å². The molecule has 1 N–H and O–H groups in total. The SMILES string of the molecule is CCCNC1CC2CCC(C1)N2c1cc(Cl)ccc1C#N. The summed E-state index contributed by atoms with van der Waals surface area (Å²) in [4.78, 5) is 2.47. The molecule has 3 nitrogen and oxygen atoms in total. The molecular formula is C17H22ClN3. The average molecular weight is 304 g/mol. The van der Waals surface area contributed by atoms with E-state index in [2.05, 4.69) is 23.2 Å². The Kier molecular flexibility index (Phi) is 4.37. The third kappa shape index (κ3) is 2.88. The zero-order valence-corrected chi connectivity index (χ0v) is 13.2. The quantitative estimate of drug-likeness (QED) is 0.921. The van der Waals surface area contributed by atoms with Crippen LogP contribution in [0.5, 0.6) is 0 Å². The van der Waals surface area contributed by atoms with Crippen molar-refractivity contribution in [2.24, 2.45) is 0 Å². The molecule has 2 bridgehead atoms. The van der Waals surface area contributed by atoms with Gasteiger partial charge in [0.1, 0.15) is 6.07 Å². The lowest BCUT2D eigenvalue weighted by Crippen LogP contribution is -2.49. The van der Waals surface area contributed by atoms with Crippen LogP contribution < -0.4 is 10.2 Å². The third-order valence-corrected chi connectivity index (χ3v) is 5.01. The van der Waals surface area contributed by atoms with Gasteiger partial charge in [0.15, 0.2) is 0 Å². The standard InChI is InChI=1S/C17H22ClN3/c1-2-7-20-14-9-15-5-6-16(10-14)21(15)17-8-13(18)4-3-12(17)11-19/h3-4,8,14-16,20H,2,5-7,9-10H2,1H3. The summed E-state index contributed by atoms with van der Waals surface area (Å²) in [6, 6.07) is 9.65. The van der Waals surface area contributed by atoms with Crippen LogP contribution >= 0.6 is 11.6 Å². The largest absolute Gasteiger partial charge is 0.364 e.